The molecule has 0 aromatic heterocycles. The lowest BCUT2D eigenvalue weighted by atomic mass is 9.82. The number of hydrogen-bond acceptors (Lipinski definition) is 3. The van der Waals surface area contributed by atoms with Crippen molar-refractivity contribution < 1.29 is 0 Å². The fourth-order valence-electron chi connectivity index (χ4n) is 4.02. The van der Waals surface area contributed by atoms with Crippen molar-refractivity contribution in [1.29, 1.82) is 0 Å². The molecule has 1 saturated heterocycles. The number of thioether (sulfide) groups is 1. The Balaban J connectivity index is 2.04. The molecule has 3 heteroatoms. The van der Waals surface area contributed by atoms with E-state index in [-0.39, 0.29) is 0 Å². The Kier molecular flexibility index (Phi) is 6.07. The topological polar surface area (TPSA) is 15.3 Å². The van der Waals surface area contributed by atoms with Crippen LogP contribution in [0.3, 0.4) is 0 Å². The lowest BCUT2D eigenvalue weighted by Gasteiger charge is -2.50. The number of nitrogens with zero attached hydrogens (tertiary/aromatic N) is 1. The molecule has 2 fully saturated rings. The van der Waals surface area contributed by atoms with E-state index in [1.54, 1.807) is 0 Å². The highest BCUT2D eigenvalue weighted by atomic mass is 32.2. The van der Waals surface area contributed by atoms with Crippen LogP contribution in [0.25, 0.3) is 0 Å². The van der Waals surface area contributed by atoms with Crippen LogP contribution in [-0.2, 0) is 0 Å². The van der Waals surface area contributed by atoms with Gasteiger partial charge in [0, 0.05) is 36.5 Å². The van der Waals surface area contributed by atoms with Crippen molar-refractivity contribution in [3.8, 4) is 0 Å². The molecule has 1 heterocycles. The molecule has 1 N–H and O–H groups in total. The number of nitrogens with one attached hydrogen (secondary N) is 1. The quantitative estimate of drug-likeness (QED) is 0.848. The summed E-state index contributed by atoms with van der Waals surface area (Å²) in [6.45, 7) is 14.3. The molecule has 0 aromatic rings. The molecule has 1 aliphatic carbocycles. The number of piperazine rings is 1. The molecule has 0 spiro atoms. The van der Waals surface area contributed by atoms with E-state index in [1.807, 2.05) is 0 Å². The second-order valence-electron chi connectivity index (χ2n) is 8.50. The van der Waals surface area contributed by atoms with Crippen LogP contribution in [0.4, 0.5) is 0 Å². The summed E-state index contributed by atoms with van der Waals surface area (Å²) in [5.41, 5.74) is 0.358. The maximum absolute atomic E-state index is 3.83. The standard InChI is InChI=1S/C18H36N2S/c1-13(2)16-11-19-17(18(3,4)5)12-20(16)14-7-9-15(21-6)10-8-14/h13-17,19H,7-12H2,1-6H3. The summed E-state index contributed by atoms with van der Waals surface area (Å²) in [6, 6.07) is 2.18. The van der Waals surface area contributed by atoms with Gasteiger partial charge < -0.3 is 5.32 Å². The van der Waals surface area contributed by atoms with Gasteiger partial charge in [-0.2, -0.15) is 11.8 Å². The van der Waals surface area contributed by atoms with E-state index in [0.717, 1.165) is 23.3 Å². The van der Waals surface area contributed by atoms with Crippen LogP contribution in [0.1, 0.15) is 60.3 Å². The predicted octanol–water partition coefficient (Wildman–Crippen LogP) is 4.01. The smallest absolute Gasteiger partial charge is 0.0247 e. The molecule has 2 nitrogen and oxygen atoms in total. The first-order valence-electron chi connectivity index (χ1n) is 8.85. The van der Waals surface area contributed by atoms with Crippen LogP contribution in [-0.4, -0.2) is 47.6 Å². The fraction of sp³-hybridized carbons (Fsp3) is 1.00. The third-order valence-electron chi connectivity index (χ3n) is 5.65. The van der Waals surface area contributed by atoms with Gasteiger partial charge in [-0.05, 0) is 43.3 Å². The first-order chi connectivity index (χ1) is 9.82. The summed E-state index contributed by atoms with van der Waals surface area (Å²) in [7, 11) is 0. The summed E-state index contributed by atoms with van der Waals surface area (Å²) in [5, 5.41) is 4.75. The Bertz CT molecular complexity index is 316. The van der Waals surface area contributed by atoms with Crippen molar-refractivity contribution in [1.82, 2.24) is 10.2 Å². The second kappa shape index (κ2) is 7.23. The van der Waals surface area contributed by atoms with Gasteiger partial charge in [-0.3, -0.25) is 4.90 Å². The van der Waals surface area contributed by atoms with Crippen LogP contribution >= 0.6 is 11.8 Å². The third kappa shape index (κ3) is 4.39. The van der Waals surface area contributed by atoms with Crippen molar-refractivity contribution in [2.75, 3.05) is 19.3 Å². The fourth-order valence-corrected chi connectivity index (χ4v) is 4.77. The SMILES string of the molecule is CSC1CCC(N2CC(C(C)(C)C)NCC2C(C)C)CC1. The molecular formula is C18H36N2S. The van der Waals surface area contributed by atoms with Crippen molar-refractivity contribution in [3.05, 3.63) is 0 Å². The van der Waals surface area contributed by atoms with Crippen molar-refractivity contribution in [2.45, 2.75) is 83.7 Å². The lowest BCUT2D eigenvalue weighted by Crippen LogP contribution is -2.64. The zero-order valence-corrected chi connectivity index (χ0v) is 15.8. The van der Waals surface area contributed by atoms with E-state index >= 15 is 0 Å². The monoisotopic (exact) mass is 312 g/mol. The highest BCUT2D eigenvalue weighted by Gasteiger charge is 2.39. The molecule has 0 amide bonds. The van der Waals surface area contributed by atoms with E-state index in [0.29, 0.717) is 11.5 Å². The van der Waals surface area contributed by atoms with E-state index in [4.69, 9.17) is 0 Å². The van der Waals surface area contributed by atoms with Gasteiger partial charge in [0.1, 0.15) is 0 Å². The molecule has 2 aliphatic rings. The first-order valence-corrected chi connectivity index (χ1v) is 10.1. The second-order valence-corrected chi connectivity index (χ2v) is 9.64. The van der Waals surface area contributed by atoms with Crippen molar-refractivity contribution in [3.63, 3.8) is 0 Å². The van der Waals surface area contributed by atoms with E-state index in [9.17, 15) is 0 Å². The minimum atomic E-state index is 0.358. The first kappa shape index (κ1) is 17.6. The summed E-state index contributed by atoms with van der Waals surface area (Å²) in [4.78, 5) is 2.88. The van der Waals surface area contributed by atoms with E-state index < -0.39 is 0 Å². The molecule has 2 rings (SSSR count). The summed E-state index contributed by atoms with van der Waals surface area (Å²) in [5.74, 6) is 0.747. The number of rotatable bonds is 3. The Morgan fingerprint density at radius 2 is 1.71 bits per heavy atom. The van der Waals surface area contributed by atoms with Gasteiger partial charge in [-0.1, -0.05) is 34.6 Å². The van der Waals surface area contributed by atoms with Gasteiger partial charge in [-0.15, -0.1) is 0 Å². The van der Waals surface area contributed by atoms with Gasteiger partial charge in [0.25, 0.3) is 0 Å². The molecule has 1 saturated carbocycles. The van der Waals surface area contributed by atoms with Gasteiger partial charge >= 0.3 is 0 Å². The zero-order valence-electron chi connectivity index (χ0n) is 15.0. The average molecular weight is 313 g/mol. The van der Waals surface area contributed by atoms with Gasteiger partial charge in [-0.25, -0.2) is 0 Å². The molecule has 21 heavy (non-hydrogen) atoms. The summed E-state index contributed by atoms with van der Waals surface area (Å²) < 4.78 is 0. The maximum Gasteiger partial charge on any atom is 0.0247 e. The predicted molar refractivity (Wildman–Crippen MR) is 96.1 cm³/mol. The van der Waals surface area contributed by atoms with Gasteiger partial charge in [0.05, 0.1) is 0 Å². The maximum atomic E-state index is 3.83. The zero-order chi connectivity index (χ0) is 15.6. The van der Waals surface area contributed by atoms with Gasteiger partial charge in [0.2, 0.25) is 0 Å². The van der Waals surface area contributed by atoms with Crippen molar-refractivity contribution in [2.24, 2.45) is 11.3 Å². The minimum Gasteiger partial charge on any atom is -0.311 e. The minimum absolute atomic E-state index is 0.358. The molecule has 124 valence electrons. The lowest BCUT2D eigenvalue weighted by molar-refractivity contribution is 0.0170. The molecular weight excluding hydrogens is 276 g/mol. The average Bonchev–Trinajstić information content (AvgIpc) is 2.45. The van der Waals surface area contributed by atoms with Gasteiger partial charge in [0.15, 0.2) is 0 Å². The third-order valence-corrected chi connectivity index (χ3v) is 6.79. The van der Waals surface area contributed by atoms with E-state index in [1.165, 1.54) is 38.8 Å². The molecule has 0 aromatic carbocycles. The van der Waals surface area contributed by atoms with E-state index in [2.05, 4.69) is 62.9 Å². The Labute approximate surface area is 136 Å². The Morgan fingerprint density at radius 3 is 2.19 bits per heavy atom. The molecule has 2 unspecified atom stereocenters. The summed E-state index contributed by atoms with van der Waals surface area (Å²) in [6.07, 6.45) is 7.93. The van der Waals surface area contributed by atoms with Crippen LogP contribution in [0.2, 0.25) is 0 Å². The Hall–Kier alpha value is 0.270. The highest BCUT2D eigenvalue weighted by molar-refractivity contribution is 7.99. The number of hydrogen-bond donors (Lipinski definition) is 1. The van der Waals surface area contributed by atoms with Crippen molar-refractivity contribution >= 4 is 11.8 Å². The van der Waals surface area contributed by atoms with Crippen LogP contribution in [0.5, 0.6) is 0 Å². The molecule has 0 bridgehead atoms. The summed E-state index contributed by atoms with van der Waals surface area (Å²) >= 11 is 2.08. The van der Waals surface area contributed by atoms with Crippen LogP contribution in [0.15, 0.2) is 0 Å². The van der Waals surface area contributed by atoms with Crippen LogP contribution < -0.4 is 5.32 Å². The molecule has 2 atom stereocenters. The normalized spacial score (nSPS) is 36.1. The Morgan fingerprint density at radius 1 is 1.10 bits per heavy atom. The highest BCUT2D eigenvalue weighted by Crippen LogP contribution is 2.34. The molecule has 1 aliphatic heterocycles. The largest absolute Gasteiger partial charge is 0.311 e. The van der Waals surface area contributed by atoms with Crippen LogP contribution in [0, 0.1) is 11.3 Å². The molecule has 0 radical (unpaired) electrons.